The maximum Gasteiger partial charge on any atom is 0.270 e. The van der Waals surface area contributed by atoms with Gasteiger partial charge in [0.2, 0.25) is 0 Å². The molecule has 1 saturated carbocycles. The third kappa shape index (κ3) is 2.69. The number of benzene rings is 1. The fourth-order valence-electron chi connectivity index (χ4n) is 3.90. The molecule has 0 N–H and O–H groups in total. The lowest BCUT2D eigenvalue weighted by Crippen LogP contribution is -2.47. The van der Waals surface area contributed by atoms with E-state index in [0.29, 0.717) is 6.04 Å². The molecule has 1 aromatic heterocycles. The first-order chi connectivity index (χ1) is 11.2. The molecule has 0 bridgehead atoms. The molecule has 0 unspecified atom stereocenters. The van der Waals surface area contributed by atoms with E-state index in [1.54, 1.807) is 0 Å². The van der Waals surface area contributed by atoms with E-state index in [1.807, 2.05) is 12.1 Å². The summed E-state index contributed by atoms with van der Waals surface area (Å²) in [5, 5.41) is 0. The summed E-state index contributed by atoms with van der Waals surface area (Å²) in [4.78, 5) is 15.1. The van der Waals surface area contributed by atoms with Crippen molar-refractivity contribution in [1.82, 2.24) is 9.47 Å². The van der Waals surface area contributed by atoms with E-state index in [-0.39, 0.29) is 11.3 Å². The van der Waals surface area contributed by atoms with Crippen LogP contribution in [0.1, 0.15) is 54.7 Å². The molecular formula is C20H24N2O. The molecule has 3 heteroatoms. The first-order valence-electron chi connectivity index (χ1n) is 8.69. The molecule has 1 atom stereocenters. The van der Waals surface area contributed by atoms with Crippen LogP contribution in [-0.4, -0.2) is 28.5 Å². The third-order valence-corrected chi connectivity index (χ3v) is 5.39. The molecule has 23 heavy (non-hydrogen) atoms. The topological polar surface area (TPSA) is 25.2 Å². The maximum atomic E-state index is 13.0. The van der Waals surface area contributed by atoms with Gasteiger partial charge in [-0.05, 0) is 43.4 Å². The molecule has 1 aliphatic carbocycles. The van der Waals surface area contributed by atoms with Gasteiger partial charge in [-0.1, -0.05) is 37.3 Å². The van der Waals surface area contributed by atoms with Crippen LogP contribution in [0.25, 0.3) is 0 Å². The van der Waals surface area contributed by atoms with Crippen LogP contribution in [0.5, 0.6) is 0 Å². The van der Waals surface area contributed by atoms with Crippen LogP contribution in [0.3, 0.4) is 0 Å². The van der Waals surface area contributed by atoms with Gasteiger partial charge in [-0.2, -0.15) is 0 Å². The lowest BCUT2D eigenvalue weighted by molar-refractivity contribution is 0.0640. The second kappa shape index (κ2) is 5.55. The second-order valence-corrected chi connectivity index (χ2v) is 7.29. The molecule has 2 fully saturated rings. The molecule has 1 saturated heterocycles. The number of carbonyl (C=O) groups is 1. The average molecular weight is 308 g/mol. The largest absolute Gasteiger partial charge is 0.340 e. The van der Waals surface area contributed by atoms with Crippen molar-refractivity contribution >= 4 is 5.91 Å². The highest BCUT2D eigenvalue weighted by atomic mass is 16.2. The van der Waals surface area contributed by atoms with E-state index >= 15 is 0 Å². The van der Waals surface area contributed by atoms with Crippen LogP contribution in [0.2, 0.25) is 0 Å². The SMILES string of the molecule is C[C@@]1(c2ccccc2)CCCN(C(=O)c2cccn2C2CC2)C1. The second-order valence-electron chi connectivity index (χ2n) is 7.29. The molecule has 0 radical (unpaired) electrons. The normalized spacial score (nSPS) is 24.7. The maximum absolute atomic E-state index is 13.0. The minimum absolute atomic E-state index is 0.0617. The van der Waals surface area contributed by atoms with Crippen molar-refractivity contribution in [3.05, 3.63) is 59.9 Å². The monoisotopic (exact) mass is 308 g/mol. The molecule has 4 rings (SSSR count). The Labute approximate surface area is 137 Å². The summed E-state index contributed by atoms with van der Waals surface area (Å²) in [6, 6.07) is 15.2. The number of amides is 1. The van der Waals surface area contributed by atoms with Gasteiger partial charge in [0.1, 0.15) is 5.69 Å². The molecule has 3 nitrogen and oxygen atoms in total. The van der Waals surface area contributed by atoms with Crippen LogP contribution in [-0.2, 0) is 5.41 Å². The molecule has 120 valence electrons. The summed E-state index contributed by atoms with van der Waals surface area (Å²) in [6.07, 6.45) is 6.68. The van der Waals surface area contributed by atoms with E-state index < -0.39 is 0 Å². The summed E-state index contributed by atoms with van der Waals surface area (Å²) in [7, 11) is 0. The number of carbonyl (C=O) groups excluding carboxylic acids is 1. The number of likely N-dealkylation sites (tertiary alicyclic amines) is 1. The number of rotatable bonds is 3. The Kier molecular flexibility index (Phi) is 3.51. The Balaban J connectivity index is 1.57. The van der Waals surface area contributed by atoms with Gasteiger partial charge in [0, 0.05) is 30.7 Å². The van der Waals surface area contributed by atoms with Crippen LogP contribution in [0.15, 0.2) is 48.7 Å². The number of aromatic nitrogens is 1. The van der Waals surface area contributed by atoms with Crippen LogP contribution < -0.4 is 0 Å². The fourth-order valence-corrected chi connectivity index (χ4v) is 3.90. The highest BCUT2D eigenvalue weighted by Gasteiger charge is 2.36. The van der Waals surface area contributed by atoms with Gasteiger partial charge in [-0.15, -0.1) is 0 Å². The summed E-state index contributed by atoms with van der Waals surface area (Å²) < 4.78 is 2.18. The van der Waals surface area contributed by atoms with E-state index in [4.69, 9.17) is 0 Å². The van der Waals surface area contributed by atoms with Gasteiger partial charge < -0.3 is 9.47 Å². The predicted molar refractivity (Wildman–Crippen MR) is 91.6 cm³/mol. The zero-order valence-electron chi connectivity index (χ0n) is 13.7. The van der Waals surface area contributed by atoms with E-state index in [2.05, 4.69) is 52.9 Å². The molecule has 2 aromatic rings. The van der Waals surface area contributed by atoms with Gasteiger partial charge in [0.05, 0.1) is 0 Å². The van der Waals surface area contributed by atoms with Crippen LogP contribution >= 0.6 is 0 Å². The summed E-state index contributed by atoms with van der Waals surface area (Å²) in [6.45, 7) is 3.98. The summed E-state index contributed by atoms with van der Waals surface area (Å²) >= 11 is 0. The van der Waals surface area contributed by atoms with Gasteiger partial charge in [-0.3, -0.25) is 4.79 Å². The van der Waals surface area contributed by atoms with Crippen molar-refractivity contribution in [2.45, 2.75) is 44.1 Å². The molecular weight excluding hydrogens is 284 g/mol. The summed E-state index contributed by atoms with van der Waals surface area (Å²) in [5.74, 6) is 0.198. The Morgan fingerprint density at radius 1 is 1.13 bits per heavy atom. The van der Waals surface area contributed by atoms with Gasteiger partial charge in [-0.25, -0.2) is 0 Å². The summed E-state index contributed by atoms with van der Waals surface area (Å²) in [5.41, 5.74) is 2.27. The average Bonchev–Trinajstić information content (AvgIpc) is 3.32. The van der Waals surface area contributed by atoms with E-state index in [1.165, 1.54) is 18.4 Å². The molecule has 1 aromatic carbocycles. The molecule has 1 amide bonds. The van der Waals surface area contributed by atoms with E-state index in [0.717, 1.165) is 31.6 Å². The smallest absolute Gasteiger partial charge is 0.270 e. The first kappa shape index (κ1) is 14.6. The Morgan fingerprint density at radius 3 is 2.65 bits per heavy atom. The first-order valence-corrected chi connectivity index (χ1v) is 8.69. The minimum Gasteiger partial charge on any atom is -0.340 e. The Morgan fingerprint density at radius 2 is 1.91 bits per heavy atom. The zero-order chi connectivity index (χ0) is 15.9. The number of hydrogen-bond donors (Lipinski definition) is 0. The van der Waals surface area contributed by atoms with Crippen molar-refractivity contribution in [1.29, 1.82) is 0 Å². The Hall–Kier alpha value is -2.03. The highest BCUT2D eigenvalue weighted by Crippen LogP contribution is 2.37. The third-order valence-electron chi connectivity index (χ3n) is 5.39. The van der Waals surface area contributed by atoms with Gasteiger partial charge in [0.15, 0.2) is 0 Å². The van der Waals surface area contributed by atoms with Gasteiger partial charge >= 0.3 is 0 Å². The van der Waals surface area contributed by atoms with Crippen molar-refractivity contribution in [2.75, 3.05) is 13.1 Å². The number of piperidine rings is 1. The zero-order valence-corrected chi connectivity index (χ0v) is 13.7. The Bertz CT molecular complexity index is 701. The molecule has 2 heterocycles. The van der Waals surface area contributed by atoms with Crippen molar-refractivity contribution in [3.63, 3.8) is 0 Å². The minimum atomic E-state index is 0.0617. The lowest BCUT2D eigenvalue weighted by atomic mass is 9.76. The van der Waals surface area contributed by atoms with Crippen LogP contribution in [0, 0.1) is 0 Å². The predicted octanol–water partition coefficient (Wildman–Crippen LogP) is 4.02. The molecule has 2 aliphatic rings. The molecule has 0 spiro atoms. The number of nitrogens with zero attached hydrogens (tertiary/aromatic N) is 2. The van der Waals surface area contributed by atoms with E-state index in [9.17, 15) is 4.79 Å². The van der Waals surface area contributed by atoms with Gasteiger partial charge in [0.25, 0.3) is 5.91 Å². The lowest BCUT2D eigenvalue weighted by Gasteiger charge is -2.41. The quantitative estimate of drug-likeness (QED) is 0.841. The van der Waals surface area contributed by atoms with Crippen molar-refractivity contribution < 1.29 is 4.79 Å². The molecule has 1 aliphatic heterocycles. The fraction of sp³-hybridized carbons (Fsp3) is 0.450. The number of hydrogen-bond acceptors (Lipinski definition) is 1. The van der Waals surface area contributed by atoms with Crippen LogP contribution in [0.4, 0.5) is 0 Å². The highest BCUT2D eigenvalue weighted by molar-refractivity contribution is 5.93. The van der Waals surface area contributed by atoms with Crippen molar-refractivity contribution in [2.24, 2.45) is 0 Å². The van der Waals surface area contributed by atoms with Crippen molar-refractivity contribution in [3.8, 4) is 0 Å². The standard InChI is InChI=1S/C20H24N2O/c1-20(16-7-3-2-4-8-16)12-6-13-21(15-20)19(23)18-9-5-14-22(18)17-10-11-17/h2-5,7-9,14,17H,6,10-13,15H2,1H3/t20-/m1/s1.